The number of anilines is 1. The first kappa shape index (κ1) is 5.88. The van der Waals surface area contributed by atoms with Gasteiger partial charge in [0.2, 0.25) is 0 Å². The Balaban J connectivity index is 2.88. The van der Waals surface area contributed by atoms with Crippen LogP contribution in [0.2, 0.25) is 0 Å². The zero-order valence-corrected chi connectivity index (χ0v) is 5.18. The first-order valence-electron chi connectivity index (χ1n) is 2.68. The Bertz CT molecular complexity index is 180. The van der Waals surface area contributed by atoms with E-state index in [2.05, 4.69) is 10.3 Å². The van der Waals surface area contributed by atoms with Gasteiger partial charge in [-0.25, -0.2) is 4.98 Å². The number of nitrogens with one attached hydrogen (secondary N) is 2. The Kier molecular flexibility index (Phi) is 1.53. The van der Waals surface area contributed by atoms with Crippen molar-refractivity contribution in [1.82, 2.24) is 10.7 Å². The highest BCUT2D eigenvalue weighted by Crippen LogP contribution is 2.05. The SMILES string of the molecule is CNc1ccc([NH])cn1. The molecule has 1 heterocycles. The molecule has 0 aromatic carbocycles. The number of rotatable bonds is 1. The Morgan fingerprint density at radius 3 is 2.78 bits per heavy atom. The summed E-state index contributed by atoms with van der Waals surface area (Å²) >= 11 is 0. The van der Waals surface area contributed by atoms with E-state index < -0.39 is 0 Å². The van der Waals surface area contributed by atoms with E-state index in [9.17, 15) is 0 Å². The van der Waals surface area contributed by atoms with E-state index in [-0.39, 0.29) is 0 Å². The van der Waals surface area contributed by atoms with Crippen molar-refractivity contribution < 1.29 is 0 Å². The molecule has 0 saturated carbocycles. The molecule has 9 heavy (non-hydrogen) atoms. The van der Waals surface area contributed by atoms with E-state index in [0.29, 0.717) is 5.69 Å². The van der Waals surface area contributed by atoms with Crippen LogP contribution in [0.5, 0.6) is 0 Å². The average molecular weight is 122 g/mol. The molecule has 0 aliphatic heterocycles. The molecular weight excluding hydrogens is 114 g/mol. The molecule has 0 aliphatic rings. The van der Waals surface area contributed by atoms with Crippen LogP contribution in [-0.4, -0.2) is 12.0 Å². The Hall–Kier alpha value is -1.25. The molecule has 1 rings (SSSR count). The Morgan fingerprint density at radius 2 is 2.33 bits per heavy atom. The molecular formula is C6H8N3. The lowest BCUT2D eigenvalue weighted by Gasteiger charge is -1.95. The van der Waals surface area contributed by atoms with Crippen molar-refractivity contribution in [2.75, 3.05) is 12.4 Å². The third-order valence-electron chi connectivity index (χ3n) is 1.02. The van der Waals surface area contributed by atoms with Crippen molar-refractivity contribution in [2.45, 2.75) is 0 Å². The Labute approximate surface area is 53.9 Å². The molecule has 0 unspecified atom stereocenters. The van der Waals surface area contributed by atoms with E-state index in [1.54, 1.807) is 19.2 Å². The van der Waals surface area contributed by atoms with Gasteiger partial charge in [0.1, 0.15) is 5.82 Å². The van der Waals surface area contributed by atoms with Crippen LogP contribution in [0, 0.1) is 0 Å². The molecule has 47 valence electrons. The summed E-state index contributed by atoms with van der Waals surface area (Å²) in [5, 5.41) is 2.86. The average Bonchev–Trinajstić information content (AvgIpc) is 1.90. The quantitative estimate of drug-likeness (QED) is 0.605. The number of pyridine rings is 1. The third kappa shape index (κ3) is 1.32. The van der Waals surface area contributed by atoms with Gasteiger partial charge >= 0.3 is 0 Å². The normalized spacial score (nSPS) is 9.00. The Morgan fingerprint density at radius 1 is 1.56 bits per heavy atom. The first-order valence-corrected chi connectivity index (χ1v) is 2.68. The molecule has 0 spiro atoms. The molecule has 1 radical (unpaired) electrons. The molecule has 3 heteroatoms. The molecule has 0 amide bonds. The van der Waals surface area contributed by atoms with Gasteiger partial charge in [-0.05, 0) is 12.1 Å². The van der Waals surface area contributed by atoms with Crippen LogP contribution < -0.4 is 11.1 Å². The minimum absolute atomic E-state index is 0.439. The van der Waals surface area contributed by atoms with Crippen molar-refractivity contribution in [3.05, 3.63) is 18.3 Å². The number of hydrogen-bond donors (Lipinski definition) is 1. The monoisotopic (exact) mass is 122 g/mol. The molecule has 0 saturated heterocycles. The van der Waals surface area contributed by atoms with E-state index in [1.807, 2.05) is 0 Å². The molecule has 1 aromatic rings. The maximum atomic E-state index is 7.08. The number of nitrogens with zero attached hydrogens (tertiary/aromatic N) is 1. The number of aromatic nitrogens is 1. The van der Waals surface area contributed by atoms with Crippen molar-refractivity contribution >= 4 is 11.5 Å². The van der Waals surface area contributed by atoms with E-state index >= 15 is 0 Å². The lowest BCUT2D eigenvalue weighted by molar-refractivity contribution is 1.26. The minimum atomic E-state index is 0.439. The molecule has 0 fully saturated rings. The smallest absolute Gasteiger partial charge is 0.125 e. The summed E-state index contributed by atoms with van der Waals surface area (Å²) in [4.78, 5) is 3.90. The summed E-state index contributed by atoms with van der Waals surface area (Å²) in [6.45, 7) is 0. The molecule has 2 N–H and O–H groups in total. The largest absolute Gasteiger partial charge is 0.373 e. The van der Waals surface area contributed by atoms with E-state index in [4.69, 9.17) is 5.73 Å². The van der Waals surface area contributed by atoms with Crippen LogP contribution in [0.4, 0.5) is 11.5 Å². The summed E-state index contributed by atoms with van der Waals surface area (Å²) in [6.07, 6.45) is 1.51. The van der Waals surface area contributed by atoms with Gasteiger partial charge in [0.25, 0.3) is 0 Å². The fourth-order valence-electron chi connectivity index (χ4n) is 0.542. The van der Waals surface area contributed by atoms with E-state index in [0.717, 1.165) is 5.82 Å². The third-order valence-corrected chi connectivity index (χ3v) is 1.02. The van der Waals surface area contributed by atoms with Gasteiger partial charge in [0, 0.05) is 7.05 Å². The topological polar surface area (TPSA) is 48.7 Å². The zero-order chi connectivity index (χ0) is 6.69. The van der Waals surface area contributed by atoms with Crippen molar-refractivity contribution in [3.8, 4) is 0 Å². The second kappa shape index (κ2) is 2.35. The predicted molar refractivity (Wildman–Crippen MR) is 36.5 cm³/mol. The minimum Gasteiger partial charge on any atom is -0.373 e. The van der Waals surface area contributed by atoms with E-state index in [1.165, 1.54) is 6.20 Å². The molecule has 3 nitrogen and oxygen atoms in total. The van der Waals surface area contributed by atoms with Gasteiger partial charge in [-0.3, -0.25) is 5.73 Å². The van der Waals surface area contributed by atoms with Crippen LogP contribution in [0.1, 0.15) is 0 Å². The first-order chi connectivity index (χ1) is 4.33. The standard InChI is InChI=1S/C6H8N3/c1-8-6-3-2-5(7)4-9-6/h2-4,7H,1H3,(H,8,9). The molecule has 0 bridgehead atoms. The predicted octanol–water partition coefficient (Wildman–Crippen LogP) is 1.04. The van der Waals surface area contributed by atoms with Crippen LogP contribution >= 0.6 is 0 Å². The highest BCUT2D eigenvalue weighted by molar-refractivity contribution is 5.40. The van der Waals surface area contributed by atoms with Crippen molar-refractivity contribution in [1.29, 1.82) is 0 Å². The van der Waals surface area contributed by atoms with Gasteiger partial charge < -0.3 is 5.32 Å². The fraction of sp³-hybridized carbons (Fsp3) is 0.167. The summed E-state index contributed by atoms with van der Waals surface area (Å²) in [5.74, 6) is 0.797. The molecule has 0 aliphatic carbocycles. The lowest BCUT2D eigenvalue weighted by Crippen LogP contribution is -1.89. The van der Waals surface area contributed by atoms with Gasteiger partial charge in [0.15, 0.2) is 0 Å². The molecule has 0 atom stereocenters. The van der Waals surface area contributed by atoms with Crippen molar-refractivity contribution in [3.63, 3.8) is 0 Å². The maximum absolute atomic E-state index is 7.08. The second-order valence-corrected chi connectivity index (χ2v) is 1.68. The summed E-state index contributed by atoms with van der Waals surface area (Å²) in [7, 11) is 1.80. The zero-order valence-electron chi connectivity index (χ0n) is 5.18. The summed E-state index contributed by atoms with van der Waals surface area (Å²) in [5.41, 5.74) is 7.52. The lowest BCUT2D eigenvalue weighted by atomic mass is 10.4. The van der Waals surface area contributed by atoms with Crippen molar-refractivity contribution in [2.24, 2.45) is 0 Å². The highest BCUT2D eigenvalue weighted by Gasteiger charge is 1.86. The van der Waals surface area contributed by atoms with Crippen LogP contribution in [0.15, 0.2) is 18.3 Å². The van der Waals surface area contributed by atoms with Crippen LogP contribution in [0.25, 0.3) is 0 Å². The van der Waals surface area contributed by atoms with Gasteiger partial charge in [-0.2, -0.15) is 0 Å². The maximum Gasteiger partial charge on any atom is 0.125 e. The summed E-state index contributed by atoms with van der Waals surface area (Å²) in [6, 6.07) is 3.46. The molecule has 1 aromatic heterocycles. The van der Waals surface area contributed by atoms with Gasteiger partial charge in [-0.15, -0.1) is 0 Å². The number of hydrogen-bond acceptors (Lipinski definition) is 2. The van der Waals surface area contributed by atoms with Crippen LogP contribution in [0.3, 0.4) is 0 Å². The van der Waals surface area contributed by atoms with Gasteiger partial charge in [-0.1, -0.05) is 0 Å². The highest BCUT2D eigenvalue weighted by atomic mass is 14.9. The van der Waals surface area contributed by atoms with Gasteiger partial charge in [0.05, 0.1) is 11.9 Å². The summed E-state index contributed by atoms with van der Waals surface area (Å²) < 4.78 is 0. The second-order valence-electron chi connectivity index (χ2n) is 1.68. The fourth-order valence-corrected chi connectivity index (χ4v) is 0.542. The van der Waals surface area contributed by atoms with Crippen LogP contribution in [-0.2, 0) is 0 Å².